The van der Waals surface area contributed by atoms with E-state index in [1.54, 1.807) is 0 Å². The van der Waals surface area contributed by atoms with Crippen molar-refractivity contribution in [1.82, 2.24) is 5.32 Å². The Labute approximate surface area is 107 Å². The average Bonchev–Trinajstić information content (AvgIpc) is 2.27. The van der Waals surface area contributed by atoms with E-state index in [1.807, 2.05) is 0 Å². The lowest BCUT2D eigenvalue weighted by Crippen LogP contribution is -2.30. The number of aliphatic hydroxyl groups is 1. The van der Waals surface area contributed by atoms with Crippen molar-refractivity contribution in [3.8, 4) is 5.75 Å². The molecular weight excluding hydrogens is 265 g/mol. The number of rotatable bonds is 4. The molecule has 0 bridgehead atoms. The van der Waals surface area contributed by atoms with Crippen molar-refractivity contribution in [2.75, 3.05) is 12.3 Å². The van der Waals surface area contributed by atoms with Gasteiger partial charge in [-0.15, -0.1) is 13.2 Å². The van der Waals surface area contributed by atoms with Crippen molar-refractivity contribution in [1.29, 1.82) is 0 Å². The number of hydrogen-bond acceptors (Lipinski definition) is 4. The summed E-state index contributed by atoms with van der Waals surface area (Å²) in [5, 5.41) is 11.4. The Balaban J connectivity index is 2.79. The fourth-order valence-electron chi connectivity index (χ4n) is 1.25. The molecular formula is C11H13F3N2O3. The highest BCUT2D eigenvalue weighted by Crippen LogP contribution is 2.28. The van der Waals surface area contributed by atoms with Gasteiger partial charge in [-0.25, -0.2) is 0 Å². The summed E-state index contributed by atoms with van der Waals surface area (Å²) in [6, 6.07) is 3.17. The van der Waals surface area contributed by atoms with Gasteiger partial charge < -0.3 is 20.9 Å². The van der Waals surface area contributed by atoms with Crippen LogP contribution >= 0.6 is 0 Å². The molecule has 0 heterocycles. The van der Waals surface area contributed by atoms with E-state index in [1.165, 1.54) is 6.92 Å². The number of nitrogens with one attached hydrogen (secondary N) is 1. The van der Waals surface area contributed by atoms with Crippen LogP contribution in [0.2, 0.25) is 0 Å². The maximum absolute atomic E-state index is 12.0. The minimum atomic E-state index is -4.84. The Kier molecular flexibility index (Phi) is 4.60. The number of aliphatic hydroxyl groups excluding tert-OH is 1. The summed E-state index contributed by atoms with van der Waals surface area (Å²) in [6.07, 6.45) is -5.57. The fourth-order valence-corrected chi connectivity index (χ4v) is 1.25. The van der Waals surface area contributed by atoms with E-state index in [4.69, 9.17) is 10.8 Å². The molecule has 1 amide bonds. The Hall–Kier alpha value is -1.96. The molecule has 0 saturated carbocycles. The molecule has 1 rings (SSSR count). The van der Waals surface area contributed by atoms with Crippen LogP contribution in [0.1, 0.15) is 17.3 Å². The maximum Gasteiger partial charge on any atom is 0.573 e. The van der Waals surface area contributed by atoms with Crippen LogP contribution in [0, 0.1) is 0 Å². The van der Waals surface area contributed by atoms with Crippen molar-refractivity contribution in [3.63, 3.8) is 0 Å². The summed E-state index contributed by atoms with van der Waals surface area (Å²) in [6.45, 7) is 1.51. The molecule has 0 unspecified atom stereocenters. The van der Waals surface area contributed by atoms with Gasteiger partial charge in [-0.3, -0.25) is 4.79 Å². The summed E-state index contributed by atoms with van der Waals surface area (Å²) in [5.74, 6) is -1.12. The molecule has 0 spiro atoms. The number of halogens is 3. The van der Waals surface area contributed by atoms with Crippen LogP contribution in [-0.4, -0.2) is 30.0 Å². The lowest BCUT2D eigenvalue weighted by molar-refractivity contribution is -0.274. The van der Waals surface area contributed by atoms with E-state index in [-0.39, 0.29) is 17.8 Å². The molecule has 8 heteroatoms. The molecule has 0 aromatic heterocycles. The van der Waals surface area contributed by atoms with Gasteiger partial charge >= 0.3 is 6.36 Å². The minimum absolute atomic E-state index is 0.0273. The first-order valence-electron chi connectivity index (χ1n) is 5.30. The van der Waals surface area contributed by atoms with Crippen LogP contribution in [-0.2, 0) is 0 Å². The number of nitrogen functional groups attached to an aromatic ring is 1. The highest BCUT2D eigenvalue weighted by Gasteiger charge is 2.32. The third-order valence-electron chi connectivity index (χ3n) is 2.06. The quantitative estimate of drug-likeness (QED) is 0.724. The number of nitrogens with two attached hydrogens (primary N) is 1. The SMILES string of the molecule is C[C@@H](O)CNC(=O)c1ccc(OC(F)(F)F)c(N)c1. The third-order valence-corrected chi connectivity index (χ3v) is 2.06. The lowest BCUT2D eigenvalue weighted by Gasteiger charge is -2.12. The molecule has 106 valence electrons. The lowest BCUT2D eigenvalue weighted by atomic mass is 10.1. The highest BCUT2D eigenvalue weighted by atomic mass is 19.4. The van der Waals surface area contributed by atoms with Crippen LogP contribution in [0.5, 0.6) is 5.75 Å². The van der Waals surface area contributed by atoms with E-state index >= 15 is 0 Å². The Bertz CT molecular complexity index is 461. The summed E-state index contributed by atoms with van der Waals surface area (Å²) in [7, 11) is 0. The molecule has 0 aliphatic carbocycles. The van der Waals surface area contributed by atoms with Crippen LogP contribution in [0.4, 0.5) is 18.9 Å². The Morgan fingerprint density at radius 2 is 2.16 bits per heavy atom. The Morgan fingerprint density at radius 1 is 1.53 bits per heavy atom. The monoisotopic (exact) mass is 278 g/mol. The molecule has 19 heavy (non-hydrogen) atoms. The van der Waals surface area contributed by atoms with E-state index in [0.29, 0.717) is 0 Å². The zero-order chi connectivity index (χ0) is 14.6. The zero-order valence-electron chi connectivity index (χ0n) is 9.99. The van der Waals surface area contributed by atoms with Gasteiger partial charge in [-0.1, -0.05) is 0 Å². The largest absolute Gasteiger partial charge is 0.573 e. The number of carbonyl (C=O) groups is 1. The molecule has 1 aromatic rings. The molecule has 0 radical (unpaired) electrons. The Morgan fingerprint density at radius 3 is 2.63 bits per heavy atom. The van der Waals surface area contributed by atoms with Crippen LogP contribution in [0.15, 0.2) is 18.2 Å². The second-order valence-electron chi connectivity index (χ2n) is 3.86. The predicted molar refractivity (Wildman–Crippen MR) is 61.6 cm³/mol. The van der Waals surface area contributed by atoms with Gasteiger partial charge in [-0.05, 0) is 25.1 Å². The van der Waals surface area contributed by atoms with Crippen LogP contribution in [0.3, 0.4) is 0 Å². The third kappa shape index (κ3) is 5.04. The van der Waals surface area contributed by atoms with Crippen LogP contribution < -0.4 is 15.8 Å². The van der Waals surface area contributed by atoms with Gasteiger partial charge in [0.15, 0.2) is 5.75 Å². The van der Waals surface area contributed by atoms with Crippen LogP contribution in [0.25, 0.3) is 0 Å². The molecule has 0 saturated heterocycles. The van der Waals surface area contributed by atoms with E-state index in [0.717, 1.165) is 18.2 Å². The van der Waals surface area contributed by atoms with Gasteiger partial charge in [0.05, 0.1) is 11.8 Å². The number of amides is 1. The summed E-state index contributed by atoms with van der Waals surface area (Å²) in [5.41, 5.74) is 5.14. The summed E-state index contributed by atoms with van der Waals surface area (Å²) >= 11 is 0. The molecule has 0 aliphatic rings. The number of ether oxygens (including phenoxy) is 1. The smallest absolute Gasteiger partial charge is 0.404 e. The average molecular weight is 278 g/mol. The summed E-state index contributed by atoms with van der Waals surface area (Å²) < 4.78 is 39.7. The number of alkyl halides is 3. The number of hydrogen-bond donors (Lipinski definition) is 3. The molecule has 1 atom stereocenters. The topological polar surface area (TPSA) is 84.6 Å². The maximum atomic E-state index is 12.0. The minimum Gasteiger partial charge on any atom is -0.404 e. The molecule has 1 aromatic carbocycles. The fraction of sp³-hybridized carbons (Fsp3) is 0.364. The van der Waals surface area contributed by atoms with E-state index in [9.17, 15) is 18.0 Å². The van der Waals surface area contributed by atoms with Gasteiger partial charge in [0.25, 0.3) is 5.91 Å². The van der Waals surface area contributed by atoms with Crippen molar-refractivity contribution in [3.05, 3.63) is 23.8 Å². The normalized spacial score (nSPS) is 12.9. The second kappa shape index (κ2) is 5.79. The first kappa shape index (κ1) is 15.1. The van der Waals surface area contributed by atoms with Gasteiger partial charge in [-0.2, -0.15) is 0 Å². The molecule has 4 N–H and O–H groups in total. The van der Waals surface area contributed by atoms with Crippen molar-refractivity contribution in [2.24, 2.45) is 0 Å². The van der Waals surface area contributed by atoms with E-state index < -0.39 is 24.1 Å². The van der Waals surface area contributed by atoms with Gasteiger partial charge in [0.2, 0.25) is 0 Å². The van der Waals surface area contributed by atoms with E-state index in [2.05, 4.69) is 10.1 Å². The van der Waals surface area contributed by atoms with Crippen molar-refractivity contribution < 1.29 is 27.8 Å². The molecule has 5 nitrogen and oxygen atoms in total. The first-order chi connectivity index (χ1) is 8.69. The zero-order valence-corrected chi connectivity index (χ0v) is 9.99. The number of anilines is 1. The molecule has 0 aliphatic heterocycles. The number of benzene rings is 1. The standard InChI is InChI=1S/C11H13F3N2O3/c1-6(17)5-16-10(18)7-2-3-9(8(15)4-7)19-11(12,13)14/h2-4,6,17H,5,15H2,1H3,(H,16,18)/t6-/m1/s1. The molecule has 0 fully saturated rings. The van der Waals surface area contributed by atoms with Crippen molar-refractivity contribution >= 4 is 11.6 Å². The van der Waals surface area contributed by atoms with Crippen molar-refractivity contribution in [2.45, 2.75) is 19.4 Å². The van der Waals surface area contributed by atoms with Gasteiger partial charge in [0, 0.05) is 12.1 Å². The summed E-state index contributed by atoms with van der Waals surface area (Å²) in [4.78, 5) is 11.6. The predicted octanol–water partition coefficient (Wildman–Crippen LogP) is 1.28. The highest BCUT2D eigenvalue weighted by molar-refractivity contribution is 5.95. The second-order valence-corrected chi connectivity index (χ2v) is 3.86. The van der Waals surface area contributed by atoms with Gasteiger partial charge in [0.1, 0.15) is 0 Å². The number of carbonyl (C=O) groups excluding carboxylic acids is 1. The first-order valence-corrected chi connectivity index (χ1v) is 5.30.